The number of nitrogens with one attached hydrogen (secondary N) is 1. The lowest BCUT2D eigenvalue weighted by atomic mass is 10.0. The van der Waals surface area contributed by atoms with E-state index < -0.39 is 0 Å². The highest BCUT2D eigenvalue weighted by Crippen LogP contribution is 2.26. The SMILES string of the molecule is COCCN(CCOC)CCc1ccc2c(c1)CC(C)N2. The molecule has 1 aliphatic rings. The van der Waals surface area contributed by atoms with E-state index in [2.05, 4.69) is 35.3 Å². The molecule has 0 aliphatic carbocycles. The molecule has 0 saturated heterocycles. The average Bonchev–Trinajstić information content (AvgIpc) is 2.85. The second-order valence-corrected chi connectivity index (χ2v) is 5.82. The summed E-state index contributed by atoms with van der Waals surface area (Å²) >= 11 is 0. The quantitative estimate of drug-likeness (QED) is 0.756. The molecule has 118 valence electrons. The smallest absolute Gasteiger partial charge is 0.0589 e. The molecule has 0 fully saturated rings. The highest BCUT2D eigenvalue weighted by molar-refractivity contribution is 5.57. The van der Waals surface area contributed by atoms with Crippen molar-refractivity contribution in [2.75, 3.05) is 52.4 Å². The van der Waals surface area contributed by atoms with Crippen LogP contribution < -0.4 is 5.32 Å². The number of hydrogen-bond donors (Lipinski definition) is 1. The van der Waals surface area contributed by atoms with Crippen LogP contribution in [0.3, 0.4) is 0 Å². The molecule has 0 radical (unpaired) electrons. The molecule has 0 spiro atoms. The van der Waals surface area contributed by atoms with Gasteiger partial charge in [0.1, 0.15) is 0 Å². The number of anilines is 1. The van der Waals surface area contributed by atoms with Crippen LogP contribution in [0.2, 0.25) is 0 Å². The van der Waals surface area contributed by atoms with E-state index in [4.69, 9.17) is 9.47 Å². The van der Waals surface area contributed by atoms with Crippen LogP contribution >= 0.6 is 0 Å². The van der Waals surface area contributed by atoms with Gasteiger partial charge in [0.2, 0.25) is 0 Å². The predicted molar refractivity (Wildman–Crippen MR) is 87.1 cm³/mol. The number of nitrogens with zero attached hydrogens (tertiary/aromatic N) is 1. The molecule has 21 heavy (non-hydrogen) atoms. The number of methoxy groups -OCH3 is 2. The molecule has 1 N–H and O–H groups in total. The molecule has 1 unspecified atom stereocenters. The van der Waals surface area contributed by atoms with Gasteiger partial charge in [0.25, 0.3) is 0 Å². The van der Waals surface area contributed by atoms with Crippen molar-refractivity contribution >= 4 is 5.69 Å². The molecule has 0 saturated carbocycles. The third-order valence-electron chi connectivity index (χ3n) is 4.04. The Bertz CT molecular complexity index is 429. The highest BCUT2D eigenvalue weighted by Gasteiger charge is 2.16. The Kier molecular flexibility index (Phi) is 6.49. The van der Waals surface area contributed by atoms with Crippen molar-refractivity contribution in [2.45, 2.75) is 25.8 Å². The lowest BCUT2D eigenvalue weighted by Gasteiger charge is -2.21. The lowest BCUT2D eigenvalue weighted by molar-refractivity contribution is 0.115. The Balaban J connectivity index is 1.86. The van der Waals surface area contributed by atoms with Crippen molar-refractivity contribution in [2.24, 2.45) is 0 Å². The minimum atomic E-state index is 0.565. The number of hydrogen-bond acceptors (Lipinski definition) is 4. The van der Waals surface area contributed by atoms with Crippen LogP contribution in [-0.2, 0) is 22.3 Å². The Hall–Kier alpha value is -1.10. The first-order valence-electron chi connectivity index (χ1n) is 7.81. The van der Waals surface area contributed by atoms with Crippen molar-refractivity contribution < 1.29 is 9.47 Å². The third-order valence-corrected chi connectivity index (χ3v) is 4.04. The first-order valence-corrected chi connectivity index (χ1v) is 7.81. The van der Waals surface area contributed by atoms with Crippen LogP contribution in [0.25, 0.3) is 0 Å². The van der Waals surface area contributed by atoms with Crippen LogP contribution in [0.5, 0.6) is 0 Å². The van der Waals surface area contributed by atoms with Crippen molar-refractivity contribution in [3.05, 3.63) is 29.3 Å². The van der Waals surface area contributed by atoms with Crippen molar-refractivity contribution in [3.63, 3.8) is 0 Å². The largest absolute Gasteiger partial charge is 0.383 e. The van der Waals surface area contributed by atoms with Gasteiger partial charge in [-0.25, -0.2) is 0 Å². The second kappa shape index (κ2) is 8.37. The minimum Gasteiger partial charge on any atom is -0.383 e. The molecule has 0 amide bonds. The van der Waals surface area contributed by atoms with Gasteiger partial charge in [-0.1, -0.05) is 12.1 Å². The molecule has 0 bridgehead atoms. The first-order chi connectivity index (χ1) is 10.2. The van der Waals surface area contributed by atoms with E-state index >= 15 is 0 Å². The molecule has 4 heteroatoms. The number of ether oxygens (including phenoxy) is 2. The van der Waals surface area contributed by atoms with Gasteiger partial charge in [-0.2, -0.15) is 0 Å². The van der Waals surface area contributed by atoms with E-state index in [1.807, 2.05) is 0 Å². The maximum atomic E-state index is 5.19. The topological polar surface area (TPSA) is 33.7 Å². The molecule has 1 aliphatic heterocycles. The number of fused-ring (bicyclic) bond motifs is 1. The molecule has 4 nitrogen and oxygen atoms in total. The first kappa shape index (κ1) is 16.3. The summed E-state index contributed by atoms with van der Waals surface area (Å²) in [6, 6.07) is 7.39. The summed E-state index contributed by atoms with van der Waals surface area (Å²) in [6.07, 6.45) is 2.22. The van der Waals surface area contributed by atoms with E-state index in [1.54, 1.807) is 14.2 Å². The van der Waals surface area contributed by atoms with Gasteiger partial charge in [0.15, 0.2) is 0 Å². The van der Waals surface area contributed by atoms with Gasteiger partial charge in [-0.3, -0.25) is 4.90 Å². The summed E-state index contributed by atoms with van der Waals surface area (Å²) in [5, 5.41) is 3.50. The fourth-order valence-electron chi connectivity index (χ4n) is 2.82. The zero-order valence-corrected chi connectivity index (χ0v) is 13.5. The molecule has 1 heterocycles. The van der Waals surface area contributed by atoms with Gasteiger partial charge in [-0.15, -0.1) is 0 Å². The van der Waals surface area contributed by atoms with Crippen LogP contribution in [0.1, 0.15) is 18.1 Å². The fourth-order valence-corrected chi connectivity index (χ4v) is 2.82. The third kappa shape index (κ3) is 4.99. The van der Waals surface area contributed by atoms with Crippen LogP contribution in [0.15, 0.2) is 18.2 Å². The van der Waals surface area contributed by atoms with Crippen LogP contribution in [0, 0.1) is 0 Å². The van der Waals surface area contributed by atoms with Gasteiger partial charge in [0, 0.05) is 45.6 Å². The molecule has 1 aromatic carbocycles. The molecule has 1 atom stereocenters. The maximum Gasteiger partial charge on any atom is 0.0589 e. The Morgan fingerprint density at radius 2 is 1.86 bits per heavy atom. The summed E-state index contributed by atoms with van der Waals surface area (Å²) < 4.78 is 10.4. The molecule has 0 aromatic heterocycles. The molecule has 1 aromatic rings. The normalized spacial score (nSPS) is 17.0. The van der Waals surface area contributed by atoms with Crippen molar-refractivity contribution in [1.29, 1.82) is 0 Å². The van der Waals surface area contributed by atoms with Crippen LogP contribution in [-0.4, -0.2) is 58.0 Å². The van der Waals surface area contributed by atoms with E-state index in [0.717, 1.165) is 45.7 Å². The Morgan fingerprint density at radius 1 is 1.14 bits per heavy atom. The molecular formula is C17H28N2O2. The summed E-state index contributed by atoms with van der Waals surface area (Å²) in [7, 11) is 3.51. The standard InChI is InChI=1S/C17H28N2O2/c1-14-12-16-13-15(4-5-17(16)18-14)6-7-19(8-10-20-2)9-11-21-3/h4-5,13-14,18H,6-12H2,1-3H3. The highest BCUT2D eigenvalue weighted by atomic mass is 16.5. The van der Waals surface area contributed by atoms with Crippen LogP contribution in [0.4, 0.5) is 5.69 Å². The Morgan fingerprint density at radius 3 is 2.52 bits per heavy atom. The monoisotopic (exact) mass is 292 g/mol. The summed E-state index contributed by atoms with van der Waals surface area (Å²) in [5.74, 6) is 0. The van der Waals surface area contributed by atoms with Crippen molar-refractivity contribution in [1.82, 2.24) is 4.90 Å². The van der Waals surface area contributed by atoms with Crippen molar-refractivity contribution in [3.8, 4) is 0 Å². The second-order valence-electron chi connectivity index (χ2n) is 5.82. The Labute approximate surface area is 128 Å². The zero-order valence-electron chi connectivity index (χ0n) is 13.5. The zero-order chi connectivity index (χ0) is 15.1. The fraction of sp³-hybridized carbons (Fsp3) is 0.647. The van der Waals surface area contributed by atoms with Gasteiger partial charge < -0.3 is 14.8 Å². The van der Waals surface area contributed by atoms with E-state index in [9.17, 15) is 0 Å². The summed E-state index contributed by atoms with van der Waals surface area (Å²) in [4.78, 5) is 2.40. The summed E-state index contributed by atoms with van der Waals surface area (Å²) in [5.41, 5.74) is 4.19. The minimum absolute atomic E-state index is 0.565. The average molecular weight is 292 g/mol. The van der Waals surface area contributed by atoms with E-state index in [-0.39, 0.29) is 0 Å². The summed E-state index contributed by atoms with van der Waals surface area (Å²) in [6.45, 7) is 6.75. The molecule has 2 rings (SSSR count). The van der Waals surface area contributed by atoms with E-state index in [1.165, 1.54) is 16.8 Å². The van der Waals surface area contributed by atoms with Gasteiger partial charge >= 0.3 is 0 Å². The lowest BCUT2D eigenvalue weighted by Crippen LogP contribution is -2.32. The number of rotatable bonds is 9. The van der Waals surface area contributed by atoms with E-state index in [0.29, 0.717) is 6.04 Å². The predicted octanol–water partition coefficient (Wildman–Crippen LogP) is 2.18. The van der Waals surface area contributed by atoms with Gasteiger partial charge in [-0.05, 0) is 37.0 Å². The molecular weight excluding hydrogens is 264 g/mol. The van der Waals surface area contributed by atoms with Gasteiger partial charge in [0.05, 0.1) is 13.2 Å². The number of benzene rings is 1. The maximum absolute atomic E-state index is 5.19.